The smallest absolute Gasteiger partial charge is 0.352 e. The molecule has 8 rings (SSSR count). The molecule has 10 atom stereocenters. The molecule has 3 fully saturated rings. The highest BCUT2D eigenvalue weighted by molar-refractivity contribution is 5.66. The minimum Gasteiger partial charge on any atom is -0.462 e. The first-order valence-electron chi connectivity index (χ1n) is 17.4. The third-order valence-corrected chi connectivity index (χ3v) is 13.8. The summed E-state index contributed by atoms with van der Waals surface area (Å²) in [5, 5.41) is 0. The Morgan fingerprint density at radius 3 is 2.29 bits per heavy atom. The van der Waals surface area contributed by atoms with Gasteiger partial charge in [0.15, 0.2) is 0 Å². The second-order valence-electron chi connectivity index (χ2n) is 16.1. The first kappa shape index (κ1) is 30.6. The lowest BCUT2D eigenvalue weighted by Gasteiger charge is -2.71. The number of para-hydroxylation sites is 1. The van der Waals surface area contributed by atoms with Gasteiger partial charge in [0.05, 0.1) is 16.8 Å². The second kappa shape index (κ2) is 10.2. The SMILES string of the molecule is CC(=O)O[C@H]1CC[C@]2(C)C3CC[C@@]4(C)C(CC[C@@H]4[C@H](C)/C=C/[C@H](C)C(C)C)[C@@]34C=C[C@@]2(C1)n1c(=O)n(-c2ccccc2)c(=O)n14. The van der Waals surface area contributed by atoms with E-state index in [1.165, 1.54) is 11.5 Å². The molecule has 0 radical (unpaired) electrons. The van der Waals surface area contributed by atoms with Crippen molar-refractivity contribution in [3.63, 3.8) is 0 Å². The molecule has 2 spiro atoms. The van der Waals surface area contributed by atoms with Crippen LogP contribution in [0.4, 0.5) is 0 Å². The number of hydrogen-bond donors (Lipinski definition) is 0. The fraction of sp³-hybridized carbons (Fsp3) is 0.658. The van der Waals surface area contributed by atoms with Crippen LogP contribution in [-0.4, -0.2) is 26.0 Å². The number of carbonyl (C=O) groups is 1. The van der Waals surface area contributed by atoms with Gasteiger partial charge in [0, 0.05) is 18.8 Å². The highest BCUT2D eigenvalue weighted by Gasteiger charge is 2.75. The zero-order valence-corrected chi connectivity index (χ0v) is 28.2. The number of fused-ring (bicyclic) bond motifs is 1. The number of benzene rings is 1. The van der Waals surface area contributed by atoms with Crippen LogP contribution in [-0.2, 0) is 20.6 Å². The Hall–Kier alpha value is -3.09. The summed E-state index contributed by atoms with van der Waals surface area (Å²) in [4.78, 5) is 41.7. The Kier molecular flexibility index (Phi) is 6.93. The van der Waals surface area contributed by atoms with Crippen LogP contribution in [0.5, 0.6) is 0 Å². The first-order valence-corrected chi connectivity index (χ1v) is 17.4. The number of carbonyl (C=O) groups excluding carboxylic acids is 1. The van der Waals surface area contributed by atoms with Crippen LogP contribution in [0.1, 0.15) is 93.4 Å². The summed E-state index contributed by atoms with van der Waals surface area (Å²) in [6, 6.07) is 9.37. The number of rotatable bonds is 6. The Morgan fingerprint density at radius 1 is 0.889 bits per heavy atom. The molecule has 4 aliphatic carbocycles. The van der Waals surface area contributed by atoms with Gasteiger partial charge >= 0.3 is 17.3 Å². The summed E-state index contributed by atoms with van der Waals surface area (Å²) in [6.45, 7) is 15.6. The van der Waals surface area contributed by atoms with Crippen LogP contribution >= 0.6 is 0 Å². The fourth-order valence-corrected chi connectivity index (χ4v) is 11.3. The van der Waals surface area contributed by atoms with Gasteiger partial charge in [0.2, 0.25) is 0 Å². The molecule has 7 heteroatoms. The van der Waals surface area contributed by atoms with Crippen molar-refractivity contribution in [1.82, 2.24) is 13.9 Å². The van der Waals surface area contributed by atoms with E-state index in [1.54, 1.807) is 0 Å². The number of nitrogens with zero attached hydrogens (tertiary/aromatic N) is 3. The third-order valence-electron chi connectivity index (χ3n) is 13.8. The molecule has 0 N–H and O–H groups in total. The molecule has 1 aromatic heterocycles. The van der Waals surface area contributed by atoms with Crippen molar-refractivity contribution in [3.8, 4) is 5.69 Å². The fourth-order valence-electron chi connectivity index (χ4n) is 11.3. The lowest BCUT2D eigenvalue weighted by molar-refractivity contribution is -0.204. The van der Waals surface area contributed by atoms with Crippen LogP contribution in [0, 0.1) is 46.3 Å². The highest BCUT2D eigenvalue weighted by Crippen LogP contribution is 2.74. The van der Waals surface area contributed by atoms with E-state index in [-0.39, 0.29) is 46.1 Å². The summed E-state index contributed by atoms with van der Waals surface area (Å²) >= 11 is 0. The largest absolute Gasteiger partial charge is 0.462 e. The highest BCUT2D eigenvalue weighted by atomic mass is 16.5. The maximum atomic E-state index is 14.8. The Morgan fingerprint density at radius 2 is 1.60 bits per heavy atom. The number of hydrogen-bond acceptors (Lipinski definition) is 4. The molecule has 3 heterocycles. The Labute approximate surface area is 267 Å². The topological polar surface area (TPSA) is 75.2 Å². The predicted molar refractivity (Wildman–Crippen MR) is 176 cm³/mol. The number of allylic oxidation sites excluding steroid dienone is 4. The molecule has 0 saturated heterocycles. The van der Waals surface area contributed by atoms with Gasteiger partial charge in [-0.3, -0.25) is 4.79 Å². The van der Waals surface area contributed by atoms with E-state index in [9.17, 15) is 14.4 Å². The molecule has 2 aliphatic heterocycles. The molecule has 6 aliphatic rings. The standard InChI is InChI=1S/C38H51N3O4/c1-24(2)25(3)13-14-26(4)30-15-16-31-35(30,6)19-18-32-36(7)20-17-29(45-27(5)42)23-37(36)21-22-38(31,32)41-34(44)39(33(43)40(37)41)28-11-9-8-10-12-28/h8-14,21-22,24-26,29-32H,15-20,23H2,1-7H3/b14-13+/t25-,26+,29-,30+,31?,32?,35+,36+,37-,38-/m0/s1. The molecule has 242 valence electrons. The summed E-state index contributed by atoms with van der Waals surface area (Å²) in [7, 11) is 0. The van der Waals surface area contributed by atoms with E-state index in [0.717, 1.165) is 38.5 Å². The van der Waals surface area contributed by atoms with Crippen LogP contribution < -0.4 is 11.4 Å². The summed E-state index contributed by atoms with van der Waals surface area (Å²) in [6.07, 6.45) is 15.6. The molecule has 2 aromatic rings. The van der Waals surface area contributed by atoms with Gasteiger partial charge in [-0.2, -0.15) is 0 Å². The lowest BCUT2D eigenvalue weighted by Crippen LogP contribution is -2.76. The van der Waals surface area contributed by atoms with Crippen molar-refractivity contribution in [2.45, 2.75) is 111 Å². The van der Waals surface area contributed by atoms with Crippen LogP contribution in [0.25, 0.3) is 5.69 Å². The van der Waals surface area contributed by atoms with Crippen molar-refractivity contribution in [3.05, 3.63) is 75.6 Å². The number of esters is 1. The van der Waals surface area contributed by atoms with Crippen molar-refractivity contribution in [2.24, 2.45) is 46.3 Å². The van der Waals surface area contributed by atoms with Crippen LogP contribution in [0.3, 0.4) is 0 Å². The zero-order chi connectivity index (χ0) is 32.1. The molecule has 3 saturated carbocycles. The van der Waals surface area contributed by atoms with Gasteiger partial charge in [-0.15, -0.1) is 0 Å². The summed E-state index contributed by atoms with van der Waals surface area (Å²) in [5.74, 6) is 2.24. The quantitative estimate of drug-likeness (QED) is 0.265. The van der Waals surface area contributed by atoms with E-state index in [0.29, 0.717) is 35.8 Å². The Bertz CT molecular complexity index is 1680. The average molecular weight is 614 g/mol. The number of aromatic nitrogens is 3. The third kappa shape index (κ3) is 3.91. The predicted octanol–water partition coefficient (Wildman–Crippen LogP) is 6.82. The molecule has 0 amide bonds. The minimum absolute atomic E-state index is 0.0312. The van der Waals surface area contributed by atoms with Gasteiger partial charge in [-0.05, 0) is 91.6 Å². The van der Waals surface area contributed by atoms with Crippen molar-refractivity contribution in [2.75, 3.05) is 0 Å². The van der Waals surface area contributed by atoms with Gasteiger partial charge in [-0.1, -0.05) is 84.0 Å². The molecule has 2 unspecified atom stereocenters. The molecule has 1 aromatic carbocycles. The maximum Gasteiger partial charge on any atom is 0.352 e. The monoisotopic (exact) mass is 613 g/mol. The molecule has 2 bridgehead atoms. The van der Waals surface area contributed by atoms with Gasteiger partial charge in [-0.25, -0.2) is 23.5 Å². The summed E-state index contributed by atoms with van der Waals surface area (Å²) < 4.78 is 11.0. The average Bonchev–Trinajstić information content (AvgIpc) is 3.50. The van der Waals surface area contributed by atoms with E-state index in [2.05, 4.69) is 65.8 Å². The van der Waals surface area contributed by atoms with Crippen molar-refractivity contribution in [1.29, 1.82) is 0 Å². The normalized spacial score (nSPS) is 39.3. The van der Waals surface area contributed by atoms with Crippen molar-refractivity contribution >= 4 is 5.97 Å². The van der Waals surface area contributed by atoms with E-state index in [1.807, 2.05) is 39.7 Å². The van der Waals surface area contributed by atoms with E-state index >= 15 is 0 Å². The minimum atomic E-state index is -0.747. The van der Waals surface area contributed by atoms with Gasteiger partial charge in [0.25, 0.3) is 0 Å². The summed E-state index contributed by atoms with van der Waals surface area (Å²) in [5.41, 5.74) is -1.49. The molecular formula is C38H51N3O4. The number of ether oxygens (including phenoxy) is 1. The zero-order valence-electron chi connectivity index (χ0n) is 28.2. The van der Waals surface area contributed by atoms with Crippen LogP contribution in [0.15, 0.2) is 64.2 Å². The molecule has 45 heavy (non-hydrogen) atoms. The molecule has 7 nitrogen and oxygen atoms in total. The second-order valence-corrected chi connectivity index (χ2v) is 16.1. The van der Waals surface area contributed by atoms with E-state index in [4.69, 9.17) is 4.74 Å². The lowest BCUT2D eigenvalue weighted by atomic mass is 9.40. The first-order chi connectivity index (χ1) is 21.3. The Balaban J connectivity index is 1.42. The maximum absolute atomic E-state index is 14.8. The van der Waals surface area contributed by atoms with Crippen LogP contribution in [0.2, 0.25) is 0 Å². The van der Waals surface area contributed by atoms with Gasteiger partial charge < -0.3 is 4.74 Å². The molecular weight excluding hydrogens is 562 g/mol. The van der Waals surface area contributed by atoms with E-state index < -0.39 is 11.1 Å². The van der Waals surface area contributed by atoms with Crippen molar-refractivity contribution < 1.29 is 9.53 Å². The van der Waals surface area contributed by atoms with Gasteiger partial charge in [0.1, 0.15) is 6.10 Å².